The lowest BCUT2D eigenvalue weighted by Crippen LogP contribution is -2.36. The first kappa shape index (κ1) is 18.2. The van der Waals surface area contributed by atoms with Gasteiger partial charge in [-0.2, -0.15) is 0 Å². The molecule has 1 aromatic carbocycles. The molecule has 1 aromatic heterocycles. The second kappa shape index (κ2) is 9.17. The molecule has 0 atom stereocenters. The number of nitrogens with one attached hydrogen (secondary N) is 2. The van der Waals surface area contributed by atoms with Gasteiger partial charge in [0.2, 0.25) is 0 Å². The first-order chi connectivity index (χ1) is 12.8. The number of rotatable bonds is 5. The highest BCUT2D eigenvalue weighted by Crippen LogP contribution is 2.18. The monoisotopic (exact) mass is 355 g/mol. The van der Waals surface area contributed by atoms with Crippen LogP contribution in [0.15, 0.2) is 47.6 Å². The Kier molecular flexibility index (Phi) is 6.41. The molecule has 6 heteroatoms. The molecule has 1 aliphatic rings. The molecule has 3 rings (SSSR count). The van der Waals surface area contributed by atoms with Gasteiger partial charge in [-0.15, -0.1) is 0 Å². The van der Waals surface area contributed by atoms with Crippen molar-refractivity contribution in [2.24, 2.45) is 4.99 Å². The van der Waals surface area contributed by atoms with E-state index in [1.807, 2.05) is 18.3 Å². The summed E-state index contributed by atoms with van der Waals surface area (Å²) in [5.74, 6) is 1.47. The summed E-state index contributed by atoms with van der Waals surface area (Å²) in [6.45, 7) is 3.19. The molecule has 1 aliphatic heterocycles. The van der Waals surface area contributed by atoms with Crippen molar-refractivity contribution in [3.8, 4) is 0 Å². The van der Waals surface area contributed by atoms with E-state index in [9.17, 15) is 4.39 Å². The van der Waals surface area contributed by atoms with Crippen molar-refractivity contribution in [1.29, 1.82) is 0 Å². The Hall–Kier alpha value is -2.63. The van der Waals surface area contributed by atoms with Crippen LogP contribution in [-0.2, 0) is 13.1 Å². The Morgan fingerprint density at radius 2 is 1.88 bits per heavy atom. The minimum atomic E-state index is -0.212. The zero-order chi connectivity index (χ0) is 18.2. The van der Waals surface area contributed by atoms with Crippen LogP contribution in [-0.4, -0.2) is 31.1 Å². The van der Waals surface area contributed by atoms with Gasteiger partial charge in [0.15, 0.2) is 5.96 Å². The van der Waals surface area contributed by atoms with Crippen LogP contribution in [0.4, 0.5) is 10.2 Å². The van der Waals surface area contributed by atoms with Gasteiger partial charge in [-0.3, -0.25) is 4.99 Å². The molecule has 2 aromatic rings. The minimum absolute atomic E-state index is 0.212. The van der Waals surface area contributed by atoms with Crippen LogP contribution in [0.1, 0.15) is 30.4 Å². The van der Waals surface area contributed by atoms with E-state index in [0.29, 0.717) is 24.6 Å². The molecular weight excluding hydrogens is 329 g/mol. The molecule has 0 bridgehead atoms. The molecule has 2 N–H and O–H groups in total. The van der Waals surface area contributed by atoms with E-state index < -0.39 is 0 Å². The molecule has 26 heavy (non-hydrogen) atoms. The molecule has 1 saturated heterocycles. The third-order valence-electron chi connectivity index (χ3n) is 4.58. The Morgan fingerprint density at radius 1 is 1.12 bits per heavy atom. The van der Waals surface area contributed by atoms with E-state index in [1.165, 1.54) is 25.3 Å². The first-order valence-electron chi connectivity index (χ1n) is 9.14. The first-order valence-corrected chi connectivity index (χ1v) is 9.14. The van der Waals surface area contributed by atoms with Gasteiger partial charge in [-0.25, -0.2) is 9.37 Å². The summed E-state index contributed by atoms with van der Waals surface area (Å²) >= 11 is 0. The van der Waals surface area contributed by atoms with Crippen LogP contribution in [0, 0.1) is 5.82 Å². The fourth-order valence-electron chi connectivity index (χ4n) is 3.09. The van der Waals surface area contributed by atoms with Gasteiger partial charge in [0.05, 0.1) is 0 Å². The number of aliphatic imine (C=N–C) groups is 1. The third kappa shape index (κ3) is 4.94. The maximum Gasteiger partial charge on any atom is 0.191 e. The number of piperidine rings is 1. The number of benzene rings is 1. The van der Waals surface area contributed by atoms with Crippen molar-refractivity contribution >= 4 is 11.8 Å². The van der Waals surface area contributed by atoms with Crippen molar-refractivity contribution in [1.82, 2.24) is 15.6 Å². The standard InChI is InChI=1S/C20H26FN5/c1-22-20(25-15-17-7-3-4-8-18(17)21)24-14-16-9-10-23-19(13-16)26-11-5-2-6-12-26/h3-4,7-10,13H,2,5-6,11-12,14-15H2,1H3,(H2,22,24,25). The average molecular weight is 355 g/mol. The number of guanidine groups is 1. The van der Waals surface area contributed by atoms with Crippen LogP contribution in [0.5, 0.6) is 0 Å². The van der Waals surface area contributed by atoms with Crippen molar-refractivity contribution in [3.05, 3.63) is 59.5 Å². The lowest BCUT2D eigenvalue weighted by molar-refractivity contribution is 0.573. The van der Waals surface area contributed by atoms with E-state index in [-0.39, 0.29) is 5.82 Å². The molecule has 138 valence electrons. The van der Waals surface area contributed by atoms with E-state index in [2.05, 4.69) is 31.6 Å². The van der Waals surface area contributed by atoms with Gasteiger partial charge in [0, 0.05) is 45.0 Å². The van der Waals surface area contributed by atoms with Gasteiger partial charge in [0.1, 0.15) is 11.6 Å². The van der Waals surface area contributed by atoms with Gasteiger partial charge >= 0.3 is 0 Å². The number of hydrogen-bond donors (Lipinski definition) is 2. The van der Waals surface area contributed by atoms with Gasteiger partial charge in [-0.1, -0.05) is 18.2 Å². The SMILES string of the molecule is CN=C(NCc1ccnc(N2CCCCC2)c1)NCc1ccccc1F. The second-order valence-corrected chi connectivity index (χ2v) is 6.44. The lowest BCUT2D eigenvalue weighted by atomic mass is 10.1. The second-order valence-electron chi connectivity index (χ2n) is 6.44. The Balaban J connectivity index is 1.54. The lowest BCUT2D eigenvalue weighted by Gasteiger charge is -2.28. The molecule has 0 unspecified atom stereocenters. The number of nitrogens with zero attached hydrogens (tertiary/aromatic N) is 3. The molecule has 0 radical (unpaired) electrons. The van der Waals surface area contributed by atoms with E-state index >= 15 is 0 Å². The summed E-state index contributed by atoms with van der Waals surface area (Å²) in [5.41, 5.74) is 1.76. The number of aromatic nitrogens is 1. The molecule has 5 nitrogen and oxygen atoms in total. The van der Waals surface area contributed by atoms with Crippen LogP contribution in [0.3, 0.4) is 0 Å². The maximum atomic E-state index is 13.7. The topological polar surface area (TPSA) is 52.6 Å². The molecule has 0 amide bonds. The van der Waals surface area contributed by atoms with Gasteiger partial charge < -0.3 is 15.5 Å². The van der Waals surface area contributed by atoms with Crippen LogP contribution >= 0.6 is 0 Å². The van der Waals surface area contributed by atoms with Crippen LogP contribution in [0.2, 0.25) is 0 Å². The van der Waals surface area contributed by atoms with Crippen LogP contribution in [0.25, 0.3) is 0 Å². The quantitative estimate of drug-likeness (QED) is 0.639. The van der Waals surface area contributed by atoms with E-state index in [0.717, 1.165) is 24.5 Å². The van der Waals surface area contributed by atoms with Crippen molar-refractivity contribution in [2.45, 2.75) is 32.4 Å². The molecule has 0 saturated carbocycles. The molecule has 0 aliphatic carbocycles. The molecular formula is C20H26FN5. The number of pyridine rings is 1. The van der Waals surface area contributed by atoms with Crippen molar-refractivity contribution < 1.29 is 4.39 Å². The highest BCUT2D eigenvalue weighted by molar-refractivity contribution is 5.79. The Labute approximate surface area is 154 Å². The van der Waals surface area contributed by atoms with Gasteiger partial charge in [0.25, 0.3) is 0 Å². The maximum absolute atomic E-state index is 13.7. The Bertz CT molecular complexity index is 740. The fourth-order valence-corrected chi connectivity index (χ4v) is 3.09. The molecule has 2 heterocycles. The van der Waals surface area contributed by atoms with E-state index in [4.69, 9.17) is 0 Å². The predicted octanol–water partition coefficient (Wildman–Crippen LogP) is 3.08. The summed E-state index contributed by atoms with van der Waals surface area (Å²) in [6.07, 6.45) is 5.63. The molecule has 0 spiro atoms. The zero-order valence-corrected chi connectivity index (χ0v) is 15.2. The fraction of sp³-hybridized carbons (Fsp3) is 0.400. The van der Waals surface area contributed by atoms with E-state index in [1.54, 1.807) is 19.2 Å². The summed E-state index contributed by atoms with van der Waals surface area (Å²) in [7, 11) is 1.71. The number of hydrogen-bond acceptors (Lipinski definition) is 3. The highest BCUT2D eigenvalue weighted by Gasteiger charge is 2.12. The number of halogens is 1. The average Bonchev–Trinajstić information content (AvgIpc) is 2.70. The summed E-state index contributed by atoms with van der Waals surface area (Å²) < 4.78 is 13.7. The van der Waals surface area contributed by atoms with Gasteiger partial charge in [-0.05, 0) is 43.0 Å². The normalized spacial score (nSPS) is 15.0. The largest absolute Gasteiger partial charge is 0.357 e. The predicted molar refractivity (Wildman–Crippen MR) is 104 cm³/mol. The summed E-state index contributed by atoms with van der Waals surface area (Å²) in [5, 5.41) is 6.42. The third-order valence-corrected chi connectivity index (χ3v) is 4.58. The summed E-state index contributed by atoms with van der Waals surface area (Å²) in [6, 6.07) is 10.9. The molecule has 1 fully saturated rings. The Morgan fingerprint density at radius 3 is 2.65 bits per heavy atom. The minimum Gasteiger partial charge on any atom is -0.357 e. The van der Waals surface area contributed by atoms with Crippen molar-refractivity contribution in [3.63, 3.8) is 0 Å². The highest BCUT2D eigenvalue weighted by atomic mass is 19.1. The van der Waals surface area contributed by atoms with Crippen LogP contribution < -0.4 is 15.5 Å². The zero-order valence-electron chi connectivity index (χ0n) is 15.2. The van der Waals surface area contributed by atoms with Crippen molar-refractivity contribution in [2.75, 3.05) is 25.0 Å². The summed E-state index contributed by atoms with van der Waals surface area (Å²) in [4.78, 5) is 11.1. The smallest absolute Gasteiger partial charge is 0.191 e. The number of anilines is 1.